The van der Waals surface area contributed by atoms with Crippen molar-refractivity contribution in [3.63, 3.8) is 0 Å². The lowest BCUT2D eigenvalue weighted by atomic mass is 10.0. The summed E-state index contributed by atoms with van der Waals surface area (Å²) in [5.74, 6) is 0.441. The van der Waals surface area contributed by atoms with Crippen LogP contribution in [0.2, 0.25) is 0 Å². The number of carbonyl (C=O) groups excluding carboxylic acids is 1. The van der Waals surface area contributed by atoms with Gasteiger partial charge in [-0.1, -0.05) is 15.9 Å². The van der Waals surface area contributed by atoms with E-state index in [2.05, 4.69) is 40.0 Å². The van der Waals surface area contributed by atoms with E-state index in [1.807, 2.05) is 20.2 Å². The van der Waals surface area contributed by atoms with Gasteiger partial charge >= 0.3 is 0 Å². The van der Waals surface area contributed by atoms with E-state index in [-0.39, 0.29) is 11.4 Å². The van der Waals surface area contributed by atoms with Gasteiger partial charge in [0.1, 0.15) is 5.75 Å². The maximum Gasteiger partial charge on any atom is 0.255 e. The lowest BCUT2D eigenvalue weighted by Crippen LogP contribution is -2.48. The number of methoxy groups -OCH3 is 1. The molecular weight excluding hydrogens is 308 g/mol. The second-order valence-corrected chi connectivity index (χ2v) is 6.15. The zero-order valence-corrected chi connectivity index (χ0v) is 13.7. The molecule has 0 aromatic heterocycles. The Morgan fingerprint density at radius 2 is 2.05 bits per heavy atom. The van der Waals surface area contributed by atoms with E-state index >= 15 is 0 Å². The third kappa shape index (κ3) is 4.21. The number of carbonyl (C=O) groups is 1. The van der Waals surface area contributed by atoms with E-state index in [9.17, 15) is 4.79 Å². The Labute approximate surface area is 123 Å². The molecule has 0 spiro atoms. The molecule has 106 valence electrons. The number of benzene rings is 1. The molecule has 19 heavy (non-hydrogen) atoms. The van der Waals surface area contributed by atoms with E-state index in [1.54, 1.807) is 19.2 Å². The highest BCUT2D eigenvalue weighted by molar-refractivity contribution is 9.10. The van der Waals surface area contributed by atoms with Gasteiger partial charge in [0.2, 0.25) is 0 Å². The first-order valence-corrected chi connectivity index (χ1v) is 6.86. The van der Waals surface area contributed by atoms with Crippen molar-refractivity contribution < 1.29 is 9.53 Å². The number of hydrogen-bond donors (Lipinski definition) is 1. The van der Waals surface area contributed by atoms with Crippen molar-refractivity contribution in [2.75, 3.05) is 27.7 Å². The predicted octanol–water partition coefficient (Wildman–Crippen LogP) is 2.53. The zero-order valence-electron chi connectivity index (χ0n) is 12.1. The topological polar surface area (TPSA) is 41.6 Å². The smallest absolute Gasteiger partial charge is 0.255 e. The van der Waals surface area contributed by atoms with Crippen LogP contribution in [0.15, 0.2) is 22.7 Å². The number of likely N-dealkylation sites (N-methyl/N-ethyl adjacent to an activating group) is 1. The number of halogens is 1. The average molecular weight is 329 g/mol. The lowest BCUT2D eigenvalue weighted by Gasteiger charge is -2.32. The Bertz CT molecular complexity index is 459. The highest BCUT2D eigenvalue weighted by Gasteiger charge is 2.22. The molecule has 0 atom stereocenters. The summed E-state index contributed by atoms with van der Waals surface area (Å²) in [4.78, 5) is 14.3. The molecule has 1 amide bonds. The molecule has 5 heteroatoms. The highest BCUT2D eigenvalue weighted by Crippen LogP contribution is 2.23. The fourth-order valence-electron chi connectivity index (χ4n) is 1.41. The van der Waals surface area contributed by atoms with Gasteiger partial charge < -0.3 is 15.0 Å². The maximum absolute atomic E-state index is 12.2. The minimum Gasteiger partial charge on any atom is -0.496 e. The fraction of sp³-hybridized carbons (Fsp3) is 0.500. The number of nitrogens with zero attached hydrogens (tertiary/aromatic N) is 1. The Hall–Kier alpha value is -1.07. The Kier molecular flexibility index (Phi) is 5.38. The molecule has 0 saturated carbocycles. The summed E-state index contributed by atoms with van der Waals surface area (Å²) >= 11 is 3.36. The monoisotopic (exact) mass is 328 g/mol. The van der Waals surface area contributed by atoms with Gasteiger partial charge in [-0.15, -0.1) is 0 Å². The molecule has 1 aromatic carbocycles. The molecule has 0 aliphatic carbocycles. The van der Waals surface area contributed by atoms with E-state index in [0.29, 0.717) is 17.9 Å². The van der Waals surface area contributed by atoms with Gasteiger partial charge in [-0.3, -0.25) is 4.79 Å². The van der Waals surface area contributed by atoms with Gasteiger partial charge in [0.05, 0.1) is 12.7 Å². The average Bonchev–Trinajstić information content (AvgIpc) is 2.35. The van der Waals surface area contributed by atoms with Crippen molar-refractivity contribution in [3.8, 4) is 5.75 Å². The van der Waals surface area contributed by atoms with Crippen molar-refractivity contribution in [1.29, 1.82) is 0 Å². The van der Waals surface area contributed by atoms with Crippen LogP contribution in [-0.4, -0.2) is 44.1 Å². The van der Waals surface area contributed by atoms with Gasteiger partial charge in [-0.25, -0.2) is 0 Å². The van der Waals surface area contributed by atoms with Crippen LogP contribution >= 0.6 is 15.9 Å². The molecule has 0 fully saturated rings. The lowest BCUT2D eigenvalue weighted by molar-refractivity contribution is 0.0916. The summed E-state index contributed by atoms with van der Waals surface area (Å²) in [7, 11) is 5.54. The third-order valence-electron chi connectivity index (χ3n) is 3.30. The standard InChI is InChI=1S/C14H21BrN2O2/c1-14(2,17(3)4)9-16-13(18)11-8-10(15)6-7-12(11)19-5/h6-8H,9H2,1-5H3,(H,16,18). The second kappa shape index (κ2) is 6.39. The van der Waals surface area contributed by atoms with Gasteiger partial charge in [-0.05, 0) is 46.1 Å². The van der Waals surface area contributed by atoms with Crippen LogP contribution in [0.25, 0.3) is 0 Å². The summed E-state index contributed by atoms with van der Waals surface area (Å²) in [6.45, 7) is 4.71. The molecule has 1 rings (SSSR count). The number of amides is 1. The summed E-state index contributed by atoms with van der Waals surface area (Å²) in [5.41, 5.74) is 0.431. The largest absolute Gasteiger partial charge is 0.496 e. The van der Waals surface area contributed by atoms with E-state index in [4.69, 9.17) is 4.74 Å². The molecule has 0 radical (unpaired) electrons. The van der Waals surface area contributed by atoms with Crippen LogP contribution in [0.4, 0.5) is 0 Å². The molecular formula is C14H21BrN2O2. The van der Waals surface area contributed by atoms with Gasteiger partial charge in [0.15, 0.2) is 0 Å². The molecule has 1 N–H and O–H groups in total. The minimum absolute atomic E-state index is 0.102. The van der Waals surface area contributed by atoms with Crippen LogP contribution in [0, 0.1) is 0 Å². The molecule has 0 unspecified atom stereocenters. The first-order valence-electron chi connectivity index (χ1n) is 6.07. The molecule has 0 saturated heterocycles. The summed E-state index contributed by atoms with van der Waals surface area (Å²) < 4.78 is 6.06. The molecule has 0 bridgehead atoms. The van der Waals surface area contributed by atoms with Crippen molar-refractivity contribution in [1.82, 2.24) is 10.2 Å². The minimum atomic E-state index is -0.131. The van der Waals surface area contributed by atoms with E-state index in [0.717, 1.165) is 4.47 Å². The maximum atomic E-state index is 12.2. The van der Waals surface area contributed by atoms with Crippen molar-refractivity contribution in [2.24, 2.45) is 0 Å². The molecule has 0 heterocycles. The first-order chi connectivity index (χ1) is 8.77. The fourth-order valence-corrected chi connectivity index (χ4v) is 1.77. The third-order valence-corrected chi connectivity index (χ3v) is 3.79. The summed E-state index contributed by atoms with van der Waals surface area (Å²) in [5, 5.41) is 2.94. The van der Waals surface area contributed by atoms with E-state index in [1.165, 1.54) is 0 Å². The molecule has 0 aliphatic heterocycles. The molecule has 4 nitrogen and oxygen atoms in total. The van der Waals surface area contributed by atoms with Crippen LogP contribution in [0.3, 0.4) is 0 Å². The normalized spacial score (nSPS) is 11.5. The SMILES string of the molecule is COc1ccc(Br)cc1C(=O)NCC(C)(C)N(C)C. The summed E-state index contributed by atoms with van der Waals surface area (Å²) in [6.07, 6.45) is 0. The Balaban J connectivity index is 2.82. The van der Waals surface area contributed by atoms with Gasteiger partial charge in [0.25, 0.3) is 5.91 Å². The quantitative estimate of drug-likeness (QED) is 0.903. The van der Waals surface area contributed by atoms with Crippen LogP contribution in [0.1, 0.15) is 24.2 Å². The molecule has 0 aliphatic rings. The highest BCUT2D eigenvalue weighted by atomic mass is 79.9. The van der Waals surface area contributed by atoms with Crippen molar-refractivity contribution in [3.05, 3.63) is 28.2 Å². The predicted molar refractivity (Wildman–Crippen MR) is 80.8 cm³/mol. The molecule has 1 aromatic rings. The summed E-state index contributed by atoms with van der Waals surface area (Å²) in [6, 6.07) is 5.38. The number of ether oxygens (including phenoxy) is 1. The second-order valence-electron chi connectivity index (χ2n) is 5.23. The van der Waals surface area contributed by atoms with E-state index < -0.39 is 0 Å². The van der Waals surface area contributed by atoms with Crippen molar-refractivity contribution in [2.45, 2.75) is 19.4 Å². The Morgan fingerprint density at radius 1 is 1.42 bits per heavy atom. The van der Waals surface area contributed by atoms with Gasteiger partial charge in [0, 0.05) is 16.6 Å². The Morgan fingerprint density at radius 3 is 2.58 bits per heavy atom. The van der Waals surface area contributed by atoms with Crippen LogP contribution < -0.4 is 10.1 Å². The van der Waals surface area contributed by atoms with Crippen LogP contribution in [-0.2, 0) is 0 Å². The first kappa shape index (κ1) is 16.0. The number of nitrogens with one attached hydrogen (secondary N) is 1. The van der Waals surface area contributed by atoms with Gasteiger partial charge in [-0.2, -0.15) is 0 Å². The van der Waals surface area contributed by atoms with Crippen molar-refractivity contribution >= 4 is 21.8 Å². The number of rotatable bonds is 5. The zero-order chi connectivity index (χ0) is 14.6. The van der Waals surface area contributed by atoms with Crippen LogP contribution in [0.5, 0.6) is 5.75 Å². The number of hydrogen-bond acceptors (Lipinski definition) is 3.